The van der Waals surface area contributed by atoms with E-state index in [0.29, 0.717) is 6.61 Å². The van der Waals surface area contributed by atoms with Gasteiger partial charge in [-0.25, -0.2) is 0 Å². The predicted molar refractivity (Wildman–Crippen MR) is 37.1 cm³/mol. The Morgan fingerprint density at radius 1 is 1.80 bits per heavy atom. The van der Waals surface area contributed by atoms with Crippen molar-refractivity contribution in [2.75, 3.05) is 6.61 Å². The van der Waals surface area contributed by atoms with Gasteiger partial charge in [-0.2, -0.15) is 0 Å². The average molecular weight is 207 g/mol. The van der Waals surface area contributed by atoms with Crippen molar-refractivity contribution in [3.05, 3.63) is 0 Å². The molecule has 1 saturated carbocycles. The smallest absolute Gasteiger partial charge is 0.310 e. The highest BCUT2D eigenvalue weighted by atomic mass is 79.9. The second-order valence-corrected chi connectivity index (χ2v) is 4.26. The minimum atomic E-state index is -0.749. The molecule has 0 aromatic carbocycles. The topological polar surface area (TPSA) is 46.5 Å². The third-order valence-corrected chi connectivity index (χ3v) is 3.57. The Bertz CT molecular complexity index is 193. The van der Waals surface area contributed by atoms with Gasteiger partial charge in [0.15, 0.2) is 0 Å². The van der Waals surface area contributed by atoms with Gasteiger partial charge in [-0.3, -0.25) is 4.79 Å². The van der Waals surface area contributed by atoms with E-state index < -0.39 is 5.97 Å². The Morgan fingerprint density at radius 3 is 2.80 bits per heavy atom. The van der Waals surface area contributed by atoms with Crippen LogP contribution in [0.2, 0.25) is 0 Å². The number of fused-ring (bicyclic) bond motifs is 1. The molecule has 0 aromatic rings. The maximum absolute atomic E-state index is 10.5. The summed E-state index contributed by atoms with van der Waals surface area (Å²) in [4.78, 5) is 10.5. The predicted octanol–water partition coefficient (Wildman–Crippen LogP) is 0.623. The van der Waals surface area contributed by atoms with Crippen LogP contribution in [0.4, 0.5) is 0 Å². The molecule has 0 bridgehead atoms. The highest BCUT2D eigenvalue weighted by molar-refractivity contribution is 9.10. The van der Waals surface area contributed by atoms with Crippen molar-refractivity contribution in [1.82, 2.24) is 0 Å². The molecule has 56 valence electrons. The Morgan fingerprint density at radius 2 is 2.50 bits per heavy atom. The molecule has 1 saturated heterocycles. The van der Waals surface area contributed by atoms with Crippen LogP contribution in [0.3, 0.4) is 0 Å². The first-order chi connectivity index (χ1) is 4.66. The summed E-state index contributed by atoms with van der Waals surface area (Å²) in [5.74, 6) is -1.05. The summed E-state index contributed by atoms with van der Waals surface area (Å²) >= 11 is 3.38. The number of halogens is 1. The van der Waals surface area contributed by atoms with Gasteiger partial charge in [-0.05, 0) is 6.42 Å². The Labute approximate surface area is 66.5 Å². The molecule has 2 fully saturated rings. The summed E-state index contributed by atoms with van der Waals surface area (Å²) in [6.45, 7) is 0.694. The van der Waals surface area contributed by atoms with Crippen molar-refractivity contribution in [1.29, 1.82) is 0 Å². The van der Waals surface area contributed by atoms with Crippen molar-refractivity contribution < 1.29 is 14.6 Å². The Balaban J connectivity index is 2.15. The summed E-state index contributed by atoms with van der Waals surface area (Å²) in [6.07, 6.45) is 0.763. The molecule has 3 nitrogen and oxygen atoms in total. The van der Waals surface area contributed by atoms with Gasteiger partial charge >= 0.3 is 5.97 Å². The van der Waals surface area contributed by atoms with E-state index in [0.717, 1.165) is 6.42 Å². The number of carboxylic acids is 1. The van der Waals surface area contributed by atoms with Gasteiger partial charge in [0.2, 0.25) is 0 Å². The van der Waals surface area contributed by atoms with E-state index in [9.17, 15) is 4.79 Å². The van der Waals surface area contributed by atoms with Crippen molar-refractivity contribution in [3.8, 4) is 0 Å². The zero-order chi connectivity index (χ0) is 7.35. The van der Waals surface area contributed by atoms with E-state index in [-0.39, 0.29) is 16.3 Å². The molecule has 0 radical (unpaired) electrons. The van der Waals surface area contributed by atoms with E-state index in [1.165, 1.54) is 0 Å². The first-order valence-electron chi connectivity index (χ1n) is 3.19. The highest BCUT2D eigenvalue weighted by Crippen LogP contribution is 2.59. The molecule has 0 aromatic heterocycles. The van der Waals surface area contributed by atoms with E-state index in [4.69, 9.17) is 9.84 Å². The van der Waals surface area contributed by atoms with E-state index in [2.05, 4.69) is 15.9 Å². The molecule has 3 unspecified atom stereocenters. The molecule has 3 atom stereocenters. The monoisotopic (exact) mass is 206 g/mol. The van der Waals surface area contributed by atoms with Crippen LogP contribution in [-0.4, -0.2) is 28.1 Å². The molecular weight excluding hydrogens is 200 g/mol. The summed E-state index contributed by atoms with van der Waals surface area (Å²) < 4.78 is 4.97. The maximum Gasteiger partial charge on any atom is 0.310 e. The van der Waals surface area contributed by atoms with E-state index in [1.54, 1.807) is 0 Å². The van der Waals surface area contributed by atoms with Gasteiger partial charge < -0.3 is 9.84 Å². The molecule has 1 aliphatic heterocycles. The third-order valence-electron chi connectivity index (χ3n) is 2.23. The van der Waals surface area contributed by atoms with Gasteiger partial charge in [0.05, 0.1) is 10.4 Å². The minimum Gasteiger partial charge on any atom is -0.481 e. The number of alkyl halides is 1. The lowest BCUT2D eigenvalue weighted by molar-refractivity contribution is -0.140. The fraction of sp³-hybridized carbons (Fsp3) is 0.833. The van der Waals surface area contributed by atoms with Gasteiger partial charge in [-0.1, -0.05) is 15.9 Å². The number of ether oxygens (including phenoxy) is 1. The molecule has 4 heteroatoms. The Kier molecular flexibility index (Phi) is 1.15. The van der Waals surface area contributed by atoms with Crippen LogP contribution in [0, 0.1) is 5.92 Å². The number of hydrogen-bond acceptors (Lipinski definition) is 2. The Hall–Kier alpha value is -0.0900. The van der Waals surface area contributed by atoms with Crippen LogP contribution in [0.25, 0.3) is 0 Å². The van der Waals surface area contributed by atoms with Crippen molar-refractivity contribution >= 4 is 21.9 Å². The fourth-order valence-corrected chi connectivity index (χ4v) is 2.45. The first kappa shape index (κ1) is 6.61. The molecule has 1 N–H and O–H groups in total. The summed E-state index contributed by atoms with van der Waals surface area (Å²) in [5, 5.41) is 8.61. The summed E-state index contributed by atoms with van der Waals surface area (Å²) in [5.41, 5.74) is 0. The zero-order valence-corrected chi connectivity index (χ0v) is 6.80. The molecule has 1 aliphatic carbocycles. The lowest BCUT2D eigenvalue weighted by Gasteiger charge is -1.99. The van der Waals surface area contributed by atoms with Crippen LogP contribution in [0.15, 0.2) is 0 Å². The lowest BCUT2D eigenvalue weighted by atomic mass is 10.2. The van der Waals surface area contributed by atoms with E-state index >= 15 is 0 Å². The van der Waals surface area contributed by atoms with E-state index in [1.807, 2.05) is 0 Å². The second kappa shape index (κ2) is 1.74. The van der Waals surface area contributed by atoms with Crippen molar-refractivity contribution in [2.45, 2.75) is 16.8 Å². The summed E-state index contributed by atoms with van der Waals surface area (Å²) in [6, 6.07) is 0. The van der Waals surface area contributed by atoms with Crippen LogP contribution in [-0.2, 0) is 9.53 Å². The molecule has 10 heavy (non-hydrogen) atoms. The molecule has 1 heterocycles. The third kappa shape index (κ3) is 0.609. The quantitative estimate of drug-likeness (QED) is 0.641. The molecule has 2 aliphatic rings. The second-order valence-electron chi connectivity index (χ2n) is 2.78. The standard InChI is InChI=1S/C6H7BrO3/c7-6-1-2-10-4(6)3(6)5(8)9/h3-4H,1-2H2,(H,8,9). The van der Waals surface area contributed by atoms with Crippen LogP contribution in [0.1, 0.15) is 6.42 Å². The van der Waals surface area contributed by atoms with Crippen LogP contribution in [0.5, 0.6) is 0 Å². The number of carboxylic acid groups (broad SMARTS) is 1. The maximum atomic E-state index is 10.5. The summed E-state index contributed by atoms with van der Waals surface area (Å²) in [7, 11) is 0. The van der Waals surface area contributed by atoms with Crippen molar-refractivity contribution in [2.24, 2.45) is 5.92 Å². The normalized spacial score (nSPS) is 50.5. The van der Waals surface area contributed by atoms with Gasteiger partial charge in [0.1, 0.15) is 5.92 Å². The highest BCUT2D eigenvalue weighted by Gasteiger charge is 2.71. The molecular formula is C6H7BrO3. The fourth-order valence-electron chi connectivity index (χ4n) is 1.59. The van der Waals surface area contributed by atoms with Gasteiger partial charge in [-0.15, -0.1) is 0 Å². The lowest BCUT2D eigenvalue weighted by Crippen LogP contribution is -2.11. The molecule has 0 spiro atoms. The van der Waals surface area contributed by atoms with Crippen molar-refractivity contribution in [3.63, 3.8) is 0 Å². The number of aliphatic carboxylic acids is 1. The SMILES string of the molecule is O=C(O)C1C2OCCC21Br. The van der Waals surface area contributed by atoms with Gasteiger partial charge in [0, 0.05) is 6.61 Å². The first-order valence-corrected chi connectivity index (χ1v) is 3.99. The molecule has 0 amide bonds. The van der Waals surface area contributed by atoms with Crippen LogP contribution < -0.4 is 0 Å². The number of carbonyl (C=O) groups is 1. The minimum absolute atomic E-state index is 0.0648. The molecule has 2 rings (SSSR count). The largest absolute Gasteiger partial charge is 0.481 e. The number of rotatable bonds is 1. The van der Waals surface area contributed by atoms with Gasteiger partial charge in [0.25, 0.3) is 0 Å². The van der Waals surface area contributed by atoms with Crippen LogP contribution >= 0.6 is 15.9 Å². The zero-order valence-electron chi connectivity index (χ0n) is 5.21. The number of hydrogen-bond donors (Lipinski definition) is 1. The average Bonchev–Trinajstić information content (AvgIpc) is 2.22.